The Labute approximate surface area is 238 Å². The first-order valence-electron chi connectivity index (χ1n) is 14.4. The zero-order valence-corrected chi connectivity index (χ0v) is 23.5. The minimum atomic E-state index is -1.25. The molecule has 3 aromatic carbocycles. The minimum Gasteiger partial charge on any atom is -0.490 e. The molecule has 1 aliphatic rings. The summed E-state index contributed by atoms with van der Waals surface area (Å²) in [6.07, 6.45) is 6.72. The van der Waals surface area contributed by atoms with E-state index >= 15 is 4.39 Å². The van der Waals surface area contributed by atoms with Gasteiger partial charge in [0.1, 0.15) is 5.75 Å². The van der Waals surface area contributed by atoms with Crippen molar-refractivity contribution in [1.82, 2.24) is 0 Å². The highest BCUT2D eigenvalue weighted by Gasteiger charge is 2.28. The molecule has 220 valence electrons. The summed E-state index contributed by atoms with van der Waals surface area (Å²) >= 11 is 0. The third-order valence-electron chi connectivity index (χ3n) is 7.48. The summed E-state index contributed by atoms with van der Waals surface area (Å²) < 4.78 is 75.6. The van der Waals surface area contributed by atoms with E-state index in [-0.39, 0.29) is 41.3 Å². The fourth-order valence-electron chi connectivity index (χ4n) is 5.03. The van der Waals surface area contributed by atoms with Gasteiger partial charge in [-0.05, 0) is 85.9 Å². The fourth-order valence-corrected chi connectivity index (χ4v) is 5.03. The lowest BCUT2D eigenvalue weighted by atomic mass is 9.82. The maximum atomic E-state index is 15.0. The Kier molecular flexibility index (Phi) is 10.8. The second-order valence-corrected chi connectivity index (χ2v) is 10.4. The number of carbonyl (C=O) groups excluding carboxylic acids is 1. The van der Waals surface area contributed by atoms with Crippen molar-refractivity contribution >= 4 is 5.97 Å². The Balaban J connectivity index is 1.39. The standard InChI is InChI=1S/C33H36F4O4/c1-3-5-19-39-23-11-7-21(8-12-23)25-15-16-27(31(36)29(25)34)33(38)41-24-13-9-22(10-14-24)26-17-18-28(32(37)30(26)35)40-20-6-4-2/h9-10,13-18,21,23H,3-8,11-12,19-20H2,1-2H3. The molecule has 0 N–H and O–H groups in total. The first kappa shape index (κ1) is 30.6. The lowest BCUT2D eigenvalue weighted by molar-refractivity contribution is 0.0230. The monoisotopic (exact) mass is 572 g/mol. The minimum absolute atomic E-state index is 0.00785. The molecule has 0 atom stereocenters. The maximum Gasteiger partial charge on any atom is 0.346 e. The van der Waals surface area contributed by atoms with Gasteiger partial charge in [-0.25, -0.2) is 18.0 Å². The van der Waals surface area contributed by atoms with Gasteiger partial charge in [-0.15, -0.1) is 0 Å². The molecular weight excluding hydrogens is 536 g/mol. The van der Waals surface area contributed by atoms with Crippen molar-refractivity contribution in [3.05, 3.63) is 82.9 Å². The zero-order valence-electron chi connectivity index (χ0n) is 23.5. The number of carbonyl (C=O) groups is 1. The molecule has 3 aromatic rings. The van der Waals surface area contributed by atoms with Crippen molar-refractivity contribution in [2.24, 2.45) is 0 Å². The lowest BCUT2D eigenvalue weighted by Crippen LogP contribution is -2.22. The molecule has 0 aromatic heterocycles. The van der Waals surface area contributed by atoms with Crippen molar-refractivity contribution < 1.29 is 36.6 Å². The smallest absolute Gasteiger partial charge is 0.346 e. The van der Waals surface area contributed by atoms with E-state index in [4.69, 9.17) is 14.2 Å². The molecule has 0 unspecified atom stereocenters. The fraction of sp³-hybridized carbons (Fsp3) is 0.424. The first-order valence-corrected chi connectivity index (χ1v) is 14.4. The predicted molar refractivity (Wildman–Crippen MR) is 149 cm³/mol. The van der Waals surface area contributed by atoms with Gasteiger partial charge >= 0.3 is 5.97 Å². The van der Waals surface area contributed by atoms with Crippen LogP contribution in [0.5, 0.6) is 11.5 Å². The number of unbranched alkanes of at least 4 members (excludes halogenated alkanes) is 2. The Morgan fingerprint density at radius 2 is 1.44 bits per heavy atom. The molecule has 4 rings (SSSR count). The molecular formula is C33H36F4O4. The van der Waals surface area contributed by atoms with Gasteiger partial charge in [-0.2, -0.15) is 4.39 Å². The Hall–Kier alpha value is -3.39. The molecule has 0 spiro atoms. The molecule has 41 heavy (non-hydrogen) atoms. The van der Waals surface area contributed by atoms with E-state index in [0.717, 1.165) is 38.5 Å². The quantitative estimate of drug-likeness (QED) is 0.0940. The molecule has 1 aliphatic carbocycles. The molecule has 0 heterocycles. The number of halogens is 4. The van der Waals surface area contributed by atoms with E-state index in [2.05, 4.69) is 6.92 Å². The van der Waals surface area contributed by atoms with Gasteiger partial charge in [-0.1, -0.05) is 44.9 Å². The zero-order chi connectivity index (χ0) is 29.4. The SMILES string of the molecule is CCCCOc1ccc(-c2ccc(OC(=O)c3ccc(C4CCC(OCCCC)CC4)c(F)c3F)cc2)c(F)c1F. The molecule has 4 nitrogen and oxygen atoms in total. The summed E-state index contributed by atoms with van der Waals surface area (Å²) in [5.41, 5.74) is 0.0898. The molecule has 0 bridgehead atoms. The van der Waals surface area contributed by atoms with Gasteiger partial charge in [0.05, 0.1) is 18.3 Å². The first-order chi connectivity index (χ1) is 19.8. The second-order valence-electron chi connectivity index (χ2n) is 10.4. The van der Waals surface area contributed by atoms with Crippen molar-refractivity contribution in [3.63, 3.8) is 0 Å². The number of benzene rings is 3. The normalized spacial score (nSPS) is 16.9. The van der Waals surface area contributed by atoms with Crippen LogP contribution in [0.3, 0.4) is 0 Å². The summed E-state index contributed by atoms with van der Waals surface area (Å²) in [4.78, 5) is 12.7. The summed E-state index contributed by atoms with van der Waals surface area (Å²) in [5, 5.41) is 0. The van der Waals surface area contributed by atoms with Crippen LogP contribution in [0.4, 0.5) is 17.6 Å². The third kappa shape index (κ3) is 7.47. The average Bonchev–Trinajstić information content (AvgIpc) is 2.98. The van der Waals surface area contributed by atoms with E-state index in [1.165, 1.54) is 48.5 Å². The van der Waals surface area contributed by atoms with Crippen LogP contribution in [0, 0.1) is 23.3 Å². The highest BCUT2D eigenvalue weighted by molar-refractivity contribution is 5.91. The maximum absolute atomic E-state index is 15.0. The van der Waals surface area contributed by atoms with Gasteiger partial charge in [0.2, 0.25) is 5.82 Å². The van der Waals surface area contributed by atoms with Gasteiger partial charge in [0.15, 0.2) is 23.2 Å². The Bertz CT molecular complexity index is 1320. The molecule has 0 saturated heterocycles. The van der Waals surface area contributed by atoms with Crippen LogP contribution in [0.2, 0.25) is 0 Å². The highest BCUT2D eigenvalue weighted by atomic mass is 19.2. The third-order valence-corrected chi connectivity index (χ3v) is 7.48. The molecule has 0 radical (unpaired) electrons. The molecule has 1 fully saturated rings. The van der Waals surface area contributed by atoms with Crippen LogP contribution in [0.15, 0.2) is 48.5 Å². The van der Waals surface area contributed by atoms with E-state index in [1.807, 2.05) is 6.92 Å². The molecule has 0 amide bonds. The number of esters is 1. The van der Waals surface area contributed by atoms with Gasteiger partial charge in [-0.3, -0.25) is 0 Å². The van der Waals surface area contributed by atoms with Gasteiger partial charge < -0.3 is 14.2 Å². The van der Waals surface area contributed by atoms with E-state index in [0.29, 0.717) is 25.0 Å². The van der Waals surface area contributed by atoms with Crippen LogP contribution < -0.4 is 9.47 Å². The topological polar surface area (TPSA) is 44.8 Å². The molecule has 1 saturated carbocycles. The second kappa shape index (κ2) is 14.5. The van der Waals surface area contributed by atoms with Crippen LogP contribution in [0.1, 0.15) is 87.1 Å². The average molecular weight is 573 g/mol. The van der Waals surface area contributed by atoms with Crippen LogP contribution in [-0.2, 0) is 4.74 Å². The van der Waals surface area contributed by atoms with E-state index in [9.17, 15) is 18.0 Å². The van der Waals surface area contributed by atoms with Crippen LogP contribution in [-0.4, -0.2) is 25.3 Å². The summed E-state index contributed by atoms with van der Waals surface area (Å²) in [7, 11) is 0. The van der Waals surface area contributed by atoms with Crippen LogP contribution >= 0.6 is 0 Å². The summed E-state index contributed by atoms with van der Waals surface area (Å²) in [6.45, 7) is 5.07. The van der Waals surface area contributed by atoms with Crippen molar-refractivity contribution in [2.75, 3.05) is 13.2 Å². The van der Waals surface area contributed by atoms with Gasteiger partial charge in [0.25, 0.3) is 0 Å². The van der Waals surface area contributed by atoms with Crippen LogP contribution in [0.25, 0.3) is 11.1 Å². The van der Waals surface area contributed by atoms with Gasteiger partial charge in [0, 0.05) is 12.2 Å². The van der Waals surface area contributed by atoms with E-state index < -0.39 is 34.8 Å². The number of ether oxygens (including phenoxy) is 3. The summed E-state index contributed by atoms with van der Waals surface area (Å²) in [5.74, 6) is -5.73. The van der Waals surface area contributed by atoms with Crippen molar-refractivity contribution in [2.45, 2.75) is 77.2 Å². The number of hydrogen-bond acceptors (Lipinski definition) is 4. The molecule has 0 aliphatic heterocycles. The van der Waals surface area contributed by atoms with Crippen molar-refractivity contribution in [3.8, 4) is 22.6 Å². The lowest BCUT2D eigenvalue weighted by Gasteiger charge is -2.29. The van der Waals surface area contributed by atoms with E-state index in [1.54, 1.807) is 0 Å². The summed E-state index contributed by atoms with van der Waals surface area (Å²) in [6, 6.07) is 11.1. The number of rotatable bonds is 12. The number of hydrogen-bond donors (Lipinski definition) is 0. The predicted octanol–water partition coefficient (Wildman–Crippen LogP) is 9.15. The molecule has 8 heteroatoms. The largest absolute Gasteiger partial charge is 0.490 e. The highest BCUT2D eigenvalue weighted by Crippen LogP contribution is 2.37. The Morgan fingerprint density at radius 1 is 0.756 bits per heavy atom. The Morgan fingerprint density at radius 3 is 2.12 bits per heavy atom. The van der Waals surface area contributed by atoms with Crippen molar-refractivity contribution in [1.29, 1.82) is 0 Å².